The zero-order valence-electron chi connectivity index (χ0n) is 7.42. The van der Waals surface area contributed by atoms with Gasteiger partial charge in [0.05, 0.1) is 6.61 Å². The summed E-state index contributed by atoms with van der Waals surface area (Å²) in [4.78, 5) is 0. The number of hydrogen-bond acceptors (Lipinski definition) is 3. The molecule has 2 atom stereocenters. The minimum Gasteiger partial charge on any atom is -0.381 e. The standard InChI is InChI=1S/C8H18N2O/c1-3-11-6-8-5-10(9)4-7(8)2/h7-8H,3-6,9H2,1-2H3/t7-,8-/m0/s1. The van der Waals surface area contributed by atoms with E-state index in [2.05, 4.69) is 6.92 Å². The van der Waals surface area contributed by atoms with E-state index in [-0.39, 0.29) is 0 Å². The normalized spacial score (nSPS) is 33.0. The predicted molar refractivity (Wildman–Crippen MR) is 44.9 cm³/mol. The molecule has 3 nitrogen and oxygen atoms in total. The third-order valence-electron chi connectivity index (χ3n) is 2.33. The molecule has 2 N–H and O–H groups in total. The van der Waals surface area contributed by atoms with Gasteiger partial charge in [-0.1, -0.05) is 6.92 Å². The molecule has 0 amide bonds. The van der Waals surface area contributed by atoms with Crippen LogP contribution in [0.4, 0.5) is 0 Å². The maximum absolute atomic E-state index is 5.67. The first kappa shape index (κ1) is 8.97. The van der Waals surface area contributed by atoms with Gasteiger partial charge in [-0.05, 0) is 12.8 Å². The molecule has 1 saturated heterocycles. The second kappa shape index (κ2) is 4.04. The predicted octanol–water partition coefficient (Wildman–Crippen LogP) is 0.465. The molecule has 0 radical (unpaired) electrons. The second-order valence-corrected chi connectivity index (χ2v) is 3.35. The molecular weight excluding hydrogens is 140 g/mol. The third kappa shape index (κ3) is 2.43. The van der Waals surface area contributed by atoms with E-state index in [0.29, 0.717) is 11.8 Å². The molecule has 0 aromatic heterocycles. The summed E-state index contributed by atoms with van der Waals surface area (Å²) < 4.78 is 5.35. The van der Waals surface area contributed by atoms with E-state index in [4.69, 9.17) is 10.6 Å². The van der Waals surface area contributed by atoms with E-state index in [1.165, 1.54) is 0 Å². The average molecular weight is 158 g/mol. The van der Waals surface area contributed by atoms with Crippen molar-refractivity contribution in [3.8, 4) is 0 Å². The molecule has 0 unspecified atom stereocenters. The second-order valence-electron chi connectivity index (χ2n) is 3.35. The van der Waals surface area contributed by atoms with Gasteiger partial charge in [-0.2, -0.15) is 0 Å². The molecule has 1 fully saturated rings. The molecule has 11 heavy (non-hydrogen) atoms. The number of ether oxygens (including phenoxy) is 1. The number of hydrazine groups is 1. The van der Waals surface area contributed by atoms with Crippen LogP contribution in [0.15, 0.2) is 0 Å². The Hall–Kier alpha value is -0.120. The van der Waals surface area contributed by atoms with E-state index < -0.39 is 0 Å². The quantitative estimate of drug-likeness (QED) is 0.607. The van der Waals surface area contributed by atoms with Crippen LogP contribution < -0.4 is 5.84 Å². The summed E-state index contributed by atoms with van der Waals surface area (Å²) in [5, 5.41) is 1.88. The summed E-state index contributed by atoms with van der Waals surface area (Å²) >= 11 is 0. The monoisotopic (exact) mass is 158 g/mol. The van der Waals surface area contributed by atoms with Gasteiger partial charge in [-0.25, -0.2) is 5.01 Å². The lowest BCUT2D eigenvalue weighted by atomic mass is 9.99. The highest BCUT2D eigenvalue weighted by atomic mass is 16.5. The highest BCUT2D eigenvalue weighted by Gasteiger charge is 2.27. The Balaban J connectivity index is 2.23. The highest BCUT2D eigenvalue weighted by Crippen LogP contribution is 2.20. The number of nitrogens with zero attached hydrogens (tertiary/aromatic N) is 1. The molecule has 0 aromatic rings. The van der Waals surface area contributed by atoms with Crippen LogP contribution >= 0.6 is 0 Å². The minimum absolute atomic E-state index is 0.639. The van der Waals surface area contributed by atoms with Gasteiger partial charge in [0.25, 0.3) is 0 Å². The van der Waals surface area contributed by atoms with Crippen molar-refractivity contribution in [2.45, 2.75) is 13.8 Å². The maximum atomic E-state index is 5.67. The van der Waals surface area contributed by atoms with Gasteiger partial charge in [0.1, 0.15) is 0 Å². The molecular formula is C8H18N2O. The van der Waals surface area contributed by atoms with Crippen LogP contribution in [0.1, 0.15) is 13.8 Å². The smallest absolute Gasteiger partial charge is 0.0509 e. The van der Waals surface area contributed by atoms with Crippen LogP contribution in [0, 0.1) is 11.8 Å². The van der Waals surface area contributed by atoms with Crippen molar-refractivity contribution in [3.05, 3.63) is 0 Å². The van der Waals surface area contributed by atoms with Gasteiger partial charge in [0.2, 0.25) is 0 Å². The van der Waals surface area contributed by atoms with Crippen LogP contribution in [-0.4, -0.2) is 31.3 Å². The van der Waals surface area contributed by atoms with E-state index >= 15 is 0 Å². The number of rotatable bonds is 3. The SMILES string of the molecule is CCOC[C@@H]1CN(N)C[C@@H]1C. The van der Waals surface area contributed by atoms with Crippen LogP contribution in [0.3, 0.4) is 0 Å². The highest BCUT2D eigenvalue weighted by molar-refractivity contribution is 4.77. The number of nitrogens with two attached hydrogens (primary N) is 1. The van der Waals surface area contributed by atoms with Gasteiger partial charge in [-0.15, -0.1) is 0 Å². The third-order valence-corrected chi connectivity index (χ3v) is 2.33. The van der Waals surface area contributed by atoms with Crippen molar-refractivity contribution in [3.63, 3.8) is 0 Å². The molecule has 0 bridgehead atoms. The van der Waals surface area contributed by atoms with Gasteiger partial charge in [-0.3, -0.25) is 5.84 Å². The number of hydrogen-bond donors (Lipinski definition) is 1. The lowest BCUT2D eigenvalue weighted by Crippen LogP contribution is -2.28. The van der Waals surface area contributed by atoms with Crippen molar-refractivity contribution in [2.75, 3.05) is 26.3 Å². The van der Waals surface area contributed by atoms with Gasteiger partial charge >= 0.3 is 0 Å². The van der Waals surface area contributed by atoms with Gasteiger partial charge in [0.15, 0.2) is 0 Å². The summed E-state index contributed by atoms with van der Waals surface area (Å²) in [5.41, 5.74) is 0. The topological polar surface area (TPSA) is 38.5 Å². The molecule has 1 rings (SSSR count). The summed E-state index contributed by atoms with van der Waals surface area (Å²) in [7, 11) is 0. The first-order valence-electron chi connectivity index (χ1n) is 4.31. The van der Waals surface area contributed by atoms with Crippen molar-refractivity contribution >= 4 is 0 Å². The summed E-state index contributed by atoms with van der Waals surface area (Å²) in [5.74, 6) is 6.99. The lowest BCUT2D eigenvalue weighted by molar-refractivity contribution is 0.101. The van der Waals surface area contributed by atoms with Crippen molar-refractivity contribution in [1.82, 2.24) is 5.01 Å². The largest absolute Gasteiger partial charge is 0.381 e. The fourth-order valence-electron chi connectivity index (χ4n) is 1.56. The lowest BCUT2D eigenvalue weighted by Gasteiger charge is -2.12. The molecule has 0 saturated carbocycles. The van der Waals surface area contributed by atoms with Crippen LogP contribution in [0.2, 0.25) is 0 Å². The molecule has 0 spiro atoms. The fraction of sp³-hybridized carbons (Fsp3) is 1.00. The molecule has 66 valence electrons. The fourth-order valence-corrected chi connectivity index (χ4v) is 1.56. The molecule has 1 aliphatic rings. The van der Waals surface area contributed by atoms with Crippen LogP contribution in [-0.2, 0) is 4.74 Å². The first-order chi connectivity index (χ1) is 5.24. The van der Waals surface area contributed by atoms with Gasteiger partial charge < -0.3 is 4.74 Å². The molecule has 1 heterocycles. The summed E-state index contributed by atoms with van der Waals surface area (Å²) in [6.07, 6.45) is 0. The average Bonchev–Trinajstić information content (AvgIpc) is 2.26. The molecule has 3 heteroatoms. The summed E-state index contributed by atoms with van der Waals surface area (Å²) in [6.45, 7) is 7.94. The Morgan fingerprint density at radius 3 is 2.73 bits per heavy atom. The van der Waals surface area contributed by atoms with Crippen molar-refractivity contribution in [1.29, 1.82) is 0 Å². The van der Waals surface area contributed by atoms with Crippen molar-refractivity contribution < 1.29 is 4.74 Å². The maximum Gasteiger partial charge on any atom is 0.0509 e. The van der Waals surface area contributed by atoms with Gasteiger partial charge in [0, 0.05) is 25.6 Å². The van der Waals surface area contributed by atoms with E-state index in [0.717, 1.165) is 26.3 Å². The Kier molecular flexibility index (Phi) is 3.30. The zero-order chi connectivity index (χ0) is 8.27. The molecule has 0 aliphatic carbocycles. The molecule has 1 aliphatic heterocycles. The Morgan fingerprint density at radius 1 is 1.55 bits per heavy atom. The Morgan fingerprint density at radius 2 is 2.27 bits per heavy atom. The Bertz CT molecular complexity index is 119. The van der Waals surface area contributed by atoms with E-state index in [1.807, 2.05) is 11.9 Å². The van der Waals surface area contributed by atoms with E-state index in [9.17, 15) is 0 Å². The molecule has 0 aromatic carbocycles. The zero-order valence-corrected chi connectivity index (χ0v) is 7.42. The van der Waals surface area contributed by atoms with Crippen LogP contribution in [0.5, 0.6) is 0 Å². The summed E-state index contributed by atoms with van der Waals surface area (Å²) in [6, 6.07) is 0. The van der Waals surface area contributed by atoms with Crippen LogP contribution in [0.25, 0.3) is 0 Å². The Labute approximate surface area is 68.5 Å². The van der Waals surface area contributed by atoms with E-state index in [1.54, 1.807) is 0 Å². The van der Waals surface area contributed by atoms with Crippen molar-refractivity contribution in [2.24, 2.45) is 17.7 Å². The first-order valence-corrected chi connectivity index (χ1v) is 4.31. The minimum atomic E-state index is 0.639.